The second-order valence-electron chi connectivity index (χ2n) is 6.34. The van der Waals surface area contributed by atoms with E-state index in [1.807, 2.05) is 12.1 Å². The van der Waals surface area contributed by atoms with Crippen LogP contribution in [0.2, 0.25) is 0 Å². The number of hydrogen-bond donors (Lipinski definition) is 0. The summed E-state index contributed by atoms with van der Waals surface area (Å²) in [6, 6.07) is 4.04. The quantitative estimate of drug-likeness (QED) is 0.778. The Hall–Kier alpha value is -1.51. The van der Waals surface area contributed by atoms with Gasteiger partial charge in [0.05, 0.1) is 12.7 Å². The van der Waals surface area contributed by atoms with Crippen LogP contribution >= 0.6 is 0 Å². The van der Waals surface area contributed by atoms with E-state index in [1.165, 1.54) is 11.3 Å². The zero-order chi connectivity index (χ0) is 14.9. The highest BCUT2D eigenvalue weighted by atomic mass is 16.5. The molecule has 0 spiro atoms. The minimum atomic E-state index is 0.135. The van der Waals surface area contributed by atoms with E-state index in [-0.39, 0.29) is 5.54 Å². The summed E-state index contributed by atoms with van der Waals surface area (Å²) in [6.07, 6.45) is 3.09. The number of rotatable bonds is 4. The van der Waals surface area contributed by atoms with Crippen molar-refractivity contribution in [2.24, 2.45) is 0 Å². The number of methoxy groups -OCH3 is 1. The van der Waals surface area contributed by atoms with Crippen LogP contribution in [0.25, 0.3) is 0 Å². The zero-order valence-electron chi connectivity index (χ0n) is 13.2. The van der Waals surface area contributed by atoms with Crippen LogP contribution in [0.3, 0.4) is 0 Å². The minimum absolute atomic E-state index is 0.135. The Balaban J connectivity index is 2.60. The number of carbonyl (C=O) groups excluding carboxylic acids is 1. The number of aldehydes is 1. The second kappa shape index (κ2) is 5.47. The lowest BCUT2D eigenvalue weighted by Crippen LogP contribution is -2.48. The Morgan fingerprint density at radius 1 is 1.45 bits per heavy atom. The van der Waals surface area contributed by atoms with Gasteiger partial charge in [0.1, 0.15) is 5.75 Å². The Morgan fingerprint density at radius 2 is 2.15 bits per heavy atom. The summed E-state index contributed by atoms with van der Waals surface area (Å²) in [5, 5.41) is 0. The summed E-state index contributed by atoms with van der Waals surface area (Å²) < 4.78 is 5.37. The molecule has 0 N–H and O–H groups in total. The van der Waals surface area contributed by atoms with Gasteiger partial charge in [-0.2, -0.15) is 0 Å². The largest absolute Gasteiger partial charge is 0.496 e. The molecule has 3 nitrogen and oxygen atoms in total. The monoisotopic (exact) mass is 275 g/mol. The molecule has 110 valence electrons. The third-order valence-corrected chi connectivity index (χ3v) is 4.31. The van der Waals surface area contributed by atoms with E-state index >= 15 is 0 Å². The first-order valence-corrected chi connectivity index (χ1v) is 7.39. The highest BCUT2D eigenvalue weighted by Crippen LogP contribution is 2.45. The maximum Gasteiger partial charge on any atom is 0.153 e. The first-order valence-electron chi connectivity index (χ1n) is 7.39. The van der Waals surface area contributed by atoms with Gasteiger partial charge in [-0.25, -0.2) is 0 Å². The standard InChI is InChI=1S/C17H25NO2/c1-6-7-18-15-9-16(20-5)13(11-19)8-14(15)12(2)10-17(18,3)4/h8-9,11-12H,6-7,10H2,1-5H3/t12-/m0/s1. The van der Waals surface area contributed by atoms with Crippen LogP contribution < -0.4 is 9.64 Å². The predicted octanol–water partition coefficient (Wildman–Crippen LogP) is 4.01. The van der Waals surface area contributed by atoms with Crippen LogP contribution in [0.4, 0.5) is 5.69 Å². The summed E-state index contributed by atoms with van der Waals surface area (Å²) in [6.45, 7) is 10.1. The third kappa shape index (κ3) is 2.41. The highest BCUT2D eigenvalue weighted by Gasteiger charge is 2.36. The molecule has 0 bridgehead atoms. The molecule has 1 heterocycles. The van der Waals surface area contributed by atoms with E-state index in [0.29, 0.717) is 17.2 Å². The maximum atomic E-state index is 11.2. The smallest absolute Gasteiger partial charge is 0.153 e. The average molecular weight is 275 g/mol. The molecule has 0 saturated carbocycles. The molecule has 1 aliphatic rings. The molecule has 0 fully saturated rings. The fourth-order valence-corrected chi connectivity index (χ4v) is 3.44. The van der Waals surface area contributed by atoms with Gasteiger partial charge in [0, 0.05) is 23.8 Å². The van der Waals surface area contributed by atoms with Crippen molar-refractivity contribution in [1.29, 1.82) is 0 Å². The molecule has 1 aromatic carbocycles. The van der Waals surface area contributed by atoms with Crippen LogP contribution in [-0.2, 0) is 0 Å². The van der Waals surface area contributed by atoms with E-state index in [4.69, 9.17) is 4.74 Å². The number of benzene rings is 1. The summed E-state index contributed by atoms with van der Waals surface area (Å²) >= 11 is 0. The van der Waals surface area contributed by atoms with E-state index in [9.17, 15) is 4.79 Å². The molecule has 0 radical (unpaired) electrons. The van der Waals surface area contributed by atoms with Gasteiger partial charge < -0.3 is 9.64 Å². The SMILES string of the molecule is CCCN1c2cc(OC)c(C=O)cc2[C@@H](C)CC1(C)C. The van der Waals surface area contributed by atoms with Gasteiger partial charge in [-0.05, 0) is 44.2 Å². The van der Waals surface area contributed by atoms with Gasteiger partial charge in [0.25, 0.3) is 0 Å². The van der Waals surface area contributed by atoms with Crippen molar-refractivity contribution in [1.82, 2.24) is 0 Å². The summed E-state index contributed by atoms with van der Waals surface area (Å²) in [4.78, 5) is 13.7. The van der Waals surface area contributed by atoms with Crippen molar-refractivity contribution >= 4 is 12.0 Å². The fraction of sp³-hybridized carbons (Fsp3) is 0.588. The number of nitrogens with zero attached hydrogens (tertiary/aromatic N) is 1. The topological polar surface area (TPSA) is 29.5 Å². The molecule has 2 rings (SSSR count). The molecule has 3 heteroatoms. The lowest BCUT2D eigenvalue weighted by Gasteiger charge is -2.47. The number of anilines is 1. The van der Waals surface area contributed by atoms with Crippen LogP contribution in [0.5, 0.6) is 5.75 Å². The third-order valence-electron chi connectivity index (χ3n) is 4.31. The molecule has 1 atom stereocenters. The van der Waals surface area contributed by atoms with Crippen molar-refractivity contribution in [3.8, 4) is 5.75 Å². The minimum Gasteiger partial charge on any atom is -0.496 e. The molecule has 0 aliphatic carbocycles. The molecule has 0 saturated heterocycles. The van der Waals surface area contributed by atoms with Crippen LogP contribution in [-0.4, -0.2) is 25.5 Å². The summed E-state index contributed by atoms with van der Waals surface area (Å²) in [5.41, 5.74) is 3.27. The van der Waals surface area contributed by atoms with Gasteiger partial charge in [-0.3, -0.25) is 4.79 Å². The Kier molecular flexibility index (Phi) is 4.07. The fourth-order valence-electron chi connectivity index (χ4n) is 3.44. The van der Waals surface area contributed by atoms with Crippen molar-refractivity contribution in [2.75, 3.05) is 18.6 Å². The van der Waals surface area contributed by atoms with Gasteiger partial charge >= 0.3 is 0 Å². The maximum absolute atomic E-state index is 11.2. The van der Waals surface area contributed by atoms with Crippen molar-refractivity contribution in [2.45, 2.75) is 52.0 Å². The molecule has 1 aromatic rings. The number of fused-ring (bicyclic) bond motifs is 1. The van der Waals surface area contributed by atoms with Crippen molar-refractivity contribution in [3.05, 3.63) is 23.3 Å². The van der Waals surface area contributed by atoms with Gasteiger partial charge in [0.2, 0.25) is 0 Å². The van der Waals surface area contributed by atoms with Gasteiger partial charge in [-0.15, -0.1) is 0 Å². The van der Waals surface area contributed by atoms with Crippen LogP contribution in [0, 0.1) is 0 Å². The highest BCUT2D eigenvalue weighted by molar-refractivity contribution is 5.82. The average Bonchev–Trinajstić information content (AvgIpc) is 2.41. The molecule has 1 aliphatic heterocycles. The predicted molar refractivity (Wildman–Crippen MR) is 83.1 cm³/mol. The van der Waals surface area contributed by atoms with E-state index in [0.717, 1.165) is 25.7 Å². The van der Waals surface area contributed by atoms with E-state index in [1.54, 1.807) is 7.11 Å². The lowest BCUT2D eigenvalue weighted by atomic mass is 9.79. The van der Waals surface area contributed by atoms with E-state index < -0.39 is 0 Å². The Bertz CT molecular complexity index is 508. The summed E-state index contributed by atoms with van der Waals surface area (Å²) in [5.74, 6) is 1.13. The first-order chi connectivity index (χ1) is 9.44. The number of ether oxygens (including phenoxy) is 1. The van der Waals surface area contributed by atoms with Gasteiger partial charge in [-0.1, -0.05) is 13.8 Å². The molecular weight excluding hydrogens is 250 g/mol. The van der Waals surface area contributed by atoms with Gasteiger partial charge in [0.15, 0.2) is 6.29 Å². The molecule has 0 unspecified atom stereocenters. The van der Waals surface area contributed by atoms with Crippen molar-refractivity contribution in [3.63, 3.8) is 0 Å². The second-order valence-corrected chi connectivity index (χ2v) is 6.34. The van der Waals surface area contributed by atoms with E-state index in [2.05, 4.69) is 32.6 Å². The molecule has 0 amide bonds. The van der Waals surface area contributed by atoms with Crippen molar-refractivity contribution < 1.29 is 9.53 Å². The van der Waals surface area contributed by atoms with Crippen LogP contribution in [0.15, 0.2) is 12.1 Å². The number of carbonyl (C=O) groups is 1. The Labute approximate surface area is 121 Å². The first kappa shape index (κ1) is 14.9. The molecular formula is C17H25NO2. The summed E-state index contributed by atoms with van der Waals surface area (Å²) in [7, 11) is 1.62. The molecule has 20 heavy (non-hydrogen) atoms. The number of hydrogen-bond acceptors (Lipinski definition) is 3. The normalized spacial score (nSPS) is 20.4. The molecule has 0 aromatic heterocycles. The lowest BCUT2D eigenvalue weighted by molar-refractivity contribution is 0.112. The van der Waals surface area contributed by atoms with Crippen LogP contribution in [0.1, 0.15) is 62.4 Å². The Morgan fingerprint density at radius 3 is 2.70 bits per heavy atom. The zero-order valence-corrected chi connectivity index (χ0v) is 13.2.